The summed E-state index contributed by atoms with van der Waals surface area (Å²) in [5.74, 6) is 0.954. The van der Waals surface area contributed by atoms with E-state index in [9.17, 15) is 4.79 Å². The maximum Gasteiger partial charge on any atom is 0.323 e. The molecule has 2 aromatic rings. The van der Waals surface area contributed by atoms with Crippen molar-refractivity contribution in [3.05, 3.63) is 57.6 Å². The Bertz CT molecular complexity index is 923. The number of fused-ring (bicyclic) bond motifs is 1. The number of hydrogen-bond acceptors (Lipinski definition) is 3. The largest absolute Gasteiger partial charge is 0.480 e. The summed E-state index contributed by atoms with van der Waals surface area (Å²) < 4.78 is 11.3. The molecule has 0 saturated carbocycles. The average Bonchev–Trinajstić information content (AvgIpc) is 2.87. The van der Waals surface area contributed by atoms with Crippen molar-refractivity contribution in [3.63, 3.8) is 0 Å². The highest BCUT2D eigenvalue weighted by Gasteiger charge is 2.39. The summed E-state index contributed by atoms with van der Waals surface area (Å²) in [6.07, 6.45) is 0. The molecule has 1 aliphatic heterocycles. The van der Waals surface area contributed by atoms with Gasteiger partial charge in [0.25, 0.3) is 0 Å². The van der Waals surface area contributed by atoms with Crippen molar-refractivity contribution < 1.29 is 14.1 Å². The van der Waals surface area contributed by atoms with E-state index in [1.807, 2.05) is 26.0 Å². The molecule has 0 radical (unpaired) electrons. The summed E-state index contributed by atoms with van der Waals surface area (Å²) in [6, 6.07) is 8.43. The van der Waals surface area contributed by atoms with Gasteiger partial charge in [0.2, 0.25) is 0 Å². The summed E-state index contributed by atoms with van der Waals surface area (Å²) in [7, 11) is 2.30. The molecule has 4 heteroatoms. The van der Waals surface area contributed by atoms with Gasteiger partial charge in [-0.15, -0.1) is 0 Å². The molecule has 1 heterocycles. The lowest BCUT2D eigenvalue weighted by Gasteiger charge is -2.27. The van der Waals surface area contributed by atoms with Crippen LogP contribution in [-0.4, -0.2) is 5.97 Å². The van der Waals surface area contributed by atoms with E-state index in [2.05, 4.69) is 63.1 Å². The van der Waals surface area contributed by atoms with Crippen molar-refractivity contribution in [2.45, 2.75) is 72.1 Å². The first-order valence-electron chi connectivity index (χ1n) is 9.73. The van der Waals surface area contributed by atoms with Gasteiger partial charge in [-0.05, 0) is 46.9 Å². The highest BCUT2D eigenvalue weighted by Crippen LogP contribution is 2.47. The highest BCUT2D eigenvalue weighted by atomic mass is 31.0. The van der Waals surface area contributed by atoms with Crippen molar-refractivity contribution in [3.8, 4) is 11.5 Å². The van der Waals surface area contributed by atoms with Crippen LogP contribution in [0.15, 0.2) is 24.3 Å². The van der Waals surface area contributed by atoms with Crippen LogP contribution in [0.3, 0.4) is 0 Å². The summed E-state index contributed by atoms with van der Waals surface area (Å²) in [5, 5.41) is 0. The van der Waals surface area contributed by atoms with Gasteiger partial charge in [-0.25, -0.2) is 0 Å². The quantitative estimate of drug-likeness (QED) is 0.347. The topological polar surface area (TPSA) is 35.5 Å². The molecule has 0 bridgehead atoms. The van der Waals surface area contributed by atoms with Gasteiger partial charge in [0.1, 0.15) is 17.4 Å². The molecule has 2 atom stereocenters. The lowest BCUT2D eigenvalue weighted by molar-refractivity contribution is -0.133. The van der Waals surface area contributed by atoms with Crippen LogP contribution in [0.1, 0.15) is 80.8 Å². The zero-order valence-corrected chi connectivity index (χ0v) is 19.3. The number of rotatable bonds is 2. The van der Waals surface area contributed by atoms with E-state index >= 15 is 0 Å². The summed E-state index contributed by atoms with van der Waals surface area (Å²) in [6.45, 7) is 17.1. The molecule has 0 aliphatic carbocycles. The van der Waals surface area contributed by atoms with Crippen LogP contribution >= 0.6 is 9.47 Å². The smallest absolute Gasteiger partial charge is 0.323 e. The van der Waals surface area contributed by atoms with Crippen LogP contribution in [0.25, 0.3) is 0 Å². The Labute approximate surface area is 171 Å². The third-order valence-corrected chi connectivity index (χ3v) is 5.71. The van der Waals surface area contributed by atoms with E-state index in [1.165, 1.54) is 5.56 Å². The molecule has 0 saturated heterocycles. The number of hydrogen-bond donors (Lipinski definition) is 0. The van der Waals surface area contributed by atoms with Gasteiger partial charge < -0.3 is 9.26 Å². The molecule has 0 spiro atoms. The van der Waals surface area contributed by atoms with Crippen LogP contribution in [0.2, 0.25) is 0 Å². The van der Waals surface area contributed by atoms with Gasteiger partial charge >= 0.3 is 5.97 Å². The van der Waals surface area contributed by atoms with Crippen molar-refractivity contribution in [2.24, 2.45) is 0 Å². The van der Waals surface area contributed by atoms with Crippen molar-refractivity contribution in [1.82, 2.24) is 0 Å². The second kappa shape index (κ2) is 6.88. The monoisotopic (exact) mass is 398 g/mol. The van der Waals surface area contributed by atoms with Crippen molar-refractivity contribution in [1.29, 1.82) is 0 Å². The Hall–Kier alpha value is -1.86. The third-order valence-electron chi connectivity index (χ3n) is 5.47. The van der Waals surface area contributed by atoms with Crippen LogP contribution in [0.4, 0.5) is 0 Å². The standard InChI is InChI=1S/C24H31O3P/c1-13-9-15(10-14(2)20(13)27-28)19-17-11-16(23(3,4)5)12-18(24(6,7)8)21(17)26-22(19)25/h9-12,19H,28H2,1-8H3. The lowest BCUT2D eigenvalue weighted by Crippen LogP contribution is -2.17. The Kier molecular flexibility index (Phi) is 5.13. The molecule has 0 fully saturated rings. The van der Waals surface area contributed by atoms with E-state index in [4.69, 9.17) is 9.26 Å². The van der Waals surface area contributed by atoms with Crippen LogP contribution in [-0.2, 0) is 15.6 Å². The van der Waals surface area contributed by atoms with Crippen molar-refractivity contribution >= 4 is 15.4 Å². The molecule has 2 unspecified atom stereocenters. The zero-order valence-electron chi connectivity index (χ0n) is 18.2. The fourth-order valence-electron chi connectivity index (χ4n) is 3.91. The predicted octanol–water partition coefficient (Wildman–Crippen LogP) is 6.12. The van der Waals surface area contributed by atoms with E-state index in [-0.39, 0.29) is 16.8 Å². The summed E-state index contributed by atoms with van der Waals surface area (Å²) >= 11 is 0. The Morgan fingerprint density at radius 3 is 1.96 bits per heavy atom. The molecule has 1 aliphatic rings. The predicted molar refractivity (Wildman–Crippen MR) is 118 cm³/mol. The fourth-order valence-corrected chi connectivity index (χ4v) is 4.28. The van der Waals surface area contributed by atoms with Gasteiger partial charge in [0.05, 0.1) is 9.47 Å². The van der Waals surface area contributed by atoms with Gasteiger partial charge in [-0.3, -0.25) is 4.79 Å². The van der Waals surface area contributed by atoms with E-state index < -0.39 is 5.92 Å². The molecule has 3 rings (SSSR count). The molecular formula is C24H31O3P. The van der Waals surface area contributed by atoms with Gasteiger partial charge in [-0.1, -0.05) is 65.8 Å². The van der Waals surface area contributed by atoms with Crippen LogP contribution < -0.4 is 9.26 Å². The second-order valence-electron chi connectivity index (χ2n) is 9.90. The number of carbonyl (C=O) groups is 1. The van der Waals surface area contributed by atoms with Crippen LogP contribution in [0.5, 0.6) is 11.5 Å². The van der Waals surface area contributed by atoms with E-state index in [1.54, 1.807) is 0 Å². The summed E-state index contributed by atoms with van der Waals surface area (Å²) in [5.41, 5.74) is 6.11. The van der Waals surface area contributed by atoms with Gasteiger partial charge in [0.15, 0.2) is 0 Å². The molecule has 150 valence electrons. The van der Waals surface area contributed by atoms with Crippen molar-refractivity contribution in [2.75, 3.05) is 0 Å². The molecule has 3 nitrogen and oxygen atoms in total. The number of benzene rings is 2. The lowest BCUT2D eigenvalue weighted by atomic mass is 9.77. The zero-order chi connectivity index (χ0) is 21.0. The minimum Gasteiger partial charge on any atom is -0.480 e. The maximum atomic E-state index is 13.0. The minimum atomic E-state index is -0.408. The molecule has 0 amide bonds. The Balaban J connectivity index is 2.27. The Morgan fingerprint density at radius 2 is 1.50 bits per heavy atom. The molecular weight excluding hydrogens is 367 g/mol. The average molecular weight is 398 g/mol. The first-order valence-corrected chi connectivity index (χ1v) is 10.2. The first-order chi connectivity index (χ1) is 12.8. The van der Waals surface area contributed by atoms with Crippen LogP contribution in [0, 0.1) is 13.8 Å². The molecule has 0 N–H and O–H groups in total. The maximum absolute atomic E-state index is 13.0. The molecule has 0 aromatic heterocycles. The Morgan fingerprint density at radius 1 is 0.929 bits per heavy atom. The summed E-state index contributed by atoms with van der Waals surface area (Å²) in [4.78, 5) is 13.0. The third kappa shape index (κ3) is 3.57. The SMILES string of the molecule is Cc1cc(C2C(=O)Oc3c2cc(C(C)(C)C)cc3C(C)(C)C)cc(C)c1OP. The number of ether oxygens (including phenoxy) is 1. The van der Waals surface area contributed by atoms with Gasteiger partial charge in [0, 0.05) is 11.1 Å². The normalized spacial score (nSPS) is 16.8. The highest BCUT2D eigenvalue weighted by molar-refractivity contribution is 7.10. The number of esters is 1. The molecule has 2 aromatic carbocycles. The number of carbonyl (C=O) groups excluding carboxylic acids is 1. The molecule has 28 heavy (non-hydrogen) atoms. The van der Waals surface area contributed by atoms with E-state index in [0.717, 1.165) is 39.3 Å². The second-order valence-corrected chi connectivity index (χ2v) is 10.1. The van der Waals surface area contributed by atoms with E-state index in [0.29, 0.717) is 0 Å². The number of aryl methyl sites for hydroxylation is 2. The van der Waals surface area contributed by atoms with Gasteiger partial charge in [-0.2, -0.15) is 0 Å². The fraction of sp³-hybridized carbons (Fsp3) is 0.458. The first kappa shape index (κ1) is 20.9. The minimum absolute atomic E-state index is 0.0197.